The number of hydrogen-bond acceptors (Lipinski definition) is 4. The first-order valence-electron chi connectivity index (χ1n) is 10.0. The van der Waals surface area contributed by atoms with Crippen LogP contribution in [0.3, 0.4) is 0 Å². The third kappa shape index (κ3) is 7.08. The Labute approximate surface area is 178 Å². The first-order valence-corrected chi connectivity index (χ1v) is 10.0. The fourth-order valence-corrected chi connectivity index (χ4v) is 2.87. The molecule has 0 bridgehead atoms. The molecule has 7 nitrogen and oxygen atoms in total. The van der Waals surface area contributed by atoms with Gasteiger partial charge in [-0.2, -0.15) is 0 Å². The second-order valence-electron chi connectivity index (χ2n) is 7.66. The van der Waals surface area contributed by atoms with E-state index in [0.717, 1.165) is 22.6 Å². The largest absolute Gasteiger partial charge is 0.497 e. The Balaban J connectivity index is 1.85. The van der Waals surface area contributed by atoms with Crippen LogP contribution < -0.4 is 20.7 Å². The molecule has 0 heterocycles. The average Bonchev–Trinajstić information content (AvgIpc) is 2.73. The summed E-state index contributed by atoms with van der Waals surface area (Å²) in [5.41, 5.74) is 2.76. The van der Waals surface area contributed by atoms with Crippen molar-refractivity contribution in [2.45, 2.75) is 26.4 Å². The molecule has 30 heavy (non-hydrogen) atoms. The number of rotatable bonds is 9. The molecule has 7 heteroatoms. The van der Waals surface area contributed by atoms with E-state index in [4.69, 9.17) is 4.74 Å². The van der Waals surface area contributed by atoms with Gasteiger partial charge in [0, 0.05) is 24.7 Å². The van der Waals surface area contributed by atoms with Crippen LogP contribution in [0, 0.1) is 5.92 Å². The fourth-order valence-electron chi connectivity index (χ4n) is 2.87. The third-order valence-electron chi connectivity index (χ3n) is 4.76. The Bertz CT molecular complexity index is 835. The SMILES string of the molecule is COc1cccc([C@H](CNC(=O)NCc2ccc(NC(=O)C(C)C)cc2)N(C)C)c1. The second-order valence-corrected chi connectivity index (χ2v) is 7.66. The molecule has 0 aromatic heterocycles. The molecule has 0 spiro atoms. The summed E-state index contributed by atoms with van der Waals surface area (Å²) in [4.78, 5) is 26.1. The van der Waals surface area contributed by atoms with E-state index < -0.39 is 0 Å². The van der Waals surface area contributed by atoms with E-state index in [1.165, 1.54) is 0 Å². The third-order valence-corrected chi connectivity index (χ3v) is 4.76. The average molecular weight is 413 g/mol. The Morgan fingerprint density at radius 1 is 1.03 bits per heavy atom. The lowest BCUT2D eigenvalue weighted by molar-refractivity contribution is -0.118. The summed E-state index contributed by atoms with van der Waals surface area (Å²) in [5.74, 6) is 0.696. The van der Waals surface area contributed by atoms with Gasteiger partial charge in [0.1, 0.15) is 5.75 Å². The highest BCUT2D eigenvalue weighted by Gasteiger charge is 2.16. The van der Waals surface area contributed by atoms with Crippen LogP contribution in [0.25, 0.3) is 0 Å². The van der Waals surface area contributed by atoms with Gasteiger partial charge in [-0.05, 0) is 49.5 Å². The minimum absolute atomic E-state index is 0.0215. The standard InChI is InChI=1S/C23H32N4O3/c1-16(2)22(28)26-19-11-9-17(10-12-19)14-24-23(29)25-15-21(27(3)4)18-7-6-8-20(13-18)30-5/h6-13,16,21H,14-15H2,1-5H3,(H,26,28)(H2,24,25,29)/t21-/m0/s1. The van der Waals surface area contributed by atoms with Crippen LogP contribution in [0.4, 0.5) is 10.5 Å². The lowest BCUT2D eigenvalue weighted by atomic mass is 10.1. The molecule has 0 aliphatic rings. The molecule has 0 radical (unpaired) electrons. The van der Waals surface area contributed by atoms with Crippen LogP contribution in [0.2, 0.25) is 0 Å². The predicted octanol–water partition coefficient (Wildman–Crippen LogP) is 3.39. The number of carbonyl (C=O) groups is 2. The van der Waals surface area contributed by atoms with E-state index >= 15 is 0 Å². The van der Waals surface area contributed by atoms with Crippen molar-refractivity contribution in [2.24, 2.45) is 5.92 Å². The number of carbonyl (C=O) groups excluding carboxylic acids is 2. The van der Waals surface area contributed by atoms with Crippen molar-refractivity contribution in [3.8, 4) is 5.75 Å². The highest BCUT2D eigenvalue weighted by atomic mass is 16.5. The lowest BCUT2D eigenvalue weighted by Crippen LogP contribution is -2.40. The summed E-state index contributed by atoms with van der Waals surface area (Å²) in [6.45, 7) is 4.56. The summed E-state index contributed by atoms with van der Waals surface area (Å²) >= 11 is 0. The minimum atomic E-state index is -0.234. The number of likely N-dealkylation sites (N-methyl/N-ethyl adjacent to an activating group) is 1. The maximum atomic E-state index is 12.3. The molecule has 2 rings (SSSR count). The van der Waals surface area contributed by atoms with Gasteiger partial charge in [0.25, 0.3) is 0 Å². The van der Waals surface area contributed by atoms with Gasteiger partial charge in [0.2, 0.25) is 5.91 Å². The number of methoxy groups -OCH3 is 1. The van der Waals surface area contributed by atoms with Crippen molar-refractivity contribution in [3.05, 3.63) is 59.7 Å². The van der Waals surface area contributed by atoms with Gasteiger partial charge in [-0.15, -0.1) is 0 Å². The van der Waals surface area contributed by atoms with Gasteiger partial charge in [-0.1, -0.05) is 38.1 Å². The van der Waals surface area contributed by atoms with E-state index in [-0.39, 0.29) is 23.9 Å². The number of ether oxygens (including phenoxy) is 1. The monoisotopic (exact) mass is 412 g/mol. The number of benzene rings is 2. The van der Waals surface area contributed by atoms with E-state index in [1.54, 1.807) is 7.11 Å². The summed E-state index contributed by atoms with van der Waals surface area (Å²) in [6.07, 6.45) is 0. The van der Waals surface area contributed by atoms with E-state index in [2.05, 4.69) is 20.9 Å². The van der Waals surface area contributed by atoms with Crippen molar-refractivity contribution in [1.82, 2.24) is 15.5 Å². The van der Waals surface area contributed by atoms with Crippen LogP contribution in [-0.4, -0.2) is 44.6 Å². The lowest BCUT2D eigenvalue weighted by Gasteiger charge is -2.25. The van der Waals surface area contributed by atoms with Crippen LogP contribution >= 0.6 is 0 Å². The fraction of sp³-hybridized carbons (Fsp3) is 0.391. The van der Waals surface area contributed by atoms with E-state index in [1.807, 2.05) is 76.5 Å². The molecule has 0 saturated carbocycles. The minimum Gasteiger partial charge on any atom is -0.497 e. The van der Waals surface area contributed by atoms with Gasteiger partial charge < -0.3 is 25.6 Å². The number of anilines is 1. The van der Waals surface area contributed by atoms with Crippen LogP contribution in [0.15, 0.2) is 48.5 Å². The summed E-state index contributed by atoms with van der Waals surface area (Å²) in [7, 11) is 5.59. The number of amides is 3. The molecule has 0 fully saturated rings. The summed E-state index contributed by atoms with van der Waals surface area (Å²) in [5, 5.41) is 8.64. The van der Waals surface area contributed by atoms with Gasteiger partial charge in [0.05, 0.1) is 13.2 Å². The van der Waals surface area contributed by atoms with Crippen molar-refractivity contribution in [2.75, 3.05) is 33.1 Å². The predicted molar refractivity (Wildman–Crippen MR) is 120 cm³/mol. The van der Waals surface area contributed by atoms with Gasteiger partial charge >= 0.3 is 6.03 Å². The number of urea groups is 1. The molecule has 0 aliphatic carbocycles. The molecule has 0 saturated heterocycles. The Hall–Kier alpha value is -3.06. The first kappa shape index (κ1) is 23.2. The number of nitrogens with zero attached hydrogens (tertiary/aromatic N) is 1. The smallest absolute Gasteiger partial charge is 0.315 e. The van der Waals surface area contributed by atoms with Gasteiger partial charge in [-0.3, -0.25) is 4.79 Å². The van der Waals surface area contributed by atoms with E-state index in [9.17, 15) is 9.59 Å². The topological polar surface area (TPSA) is 82.7 Å². The molecule has 3 N–H and O–H groups in total. The Morgan fingerprint density at radius 3 is 2.33 bits per heavy atom. The van der Waals surface area contributed by atoms with Crippen molar-refractivity contribution in [3.63, 3.8) is 0 Å². The molecule has 3 amide bonds. The summed E-state index contributed by atoms with van der Waals surface area (Å²) in [6, 6.07) is 15.1. The van der Waals surface area contributed by atoms with Gasteiger partial charge in [0.15, 0.2) is 0 Å². The normalized spacial score (nSPS) is 11.8. The van der Waals surface area contributed by atoms with Crippen LogP contribution in [0.1, 0.15) is 31.0 Å². The summed E-state index contributed by atoms with van der Waals surface area (Å²) < 4.78 is 5.30. The zero-order chi connectivity index (χ0) is 22.1. The highest BCUT2D eigenvalue weighted by Crippen LogP contribution is 2.22. The zero-order valence-corrected chi connectivity index (χ0v) is 18.4. The Kier molecular flexibility index (Phi) is 8.68. The van der Waals surface area contributed by atoms with Gasteiger partial charge in [-0.25, -0.2) is 4.79 Å². The molecule has 2 aromatic rings. The Morgan fingerprint density at radius 2 is 1.73 bits per heavy atom. The maximum absolute atomic E-state index is 12.3. The number of nitrogens with one attached hydrogen (secondary N) is 3. The molecular formula is C23H32N4O3. The molecule has 162 valence electrons. The number of hydrogen-bond donors (Lipinski definition) is 3. The quantitative estimate of drug-likeness (QED) is 0.590. The molecule has 0 unspecified atom stereocenters. The van der Waals surface area contributed by atoms with E-state index in [0.29, 0.717) is 13.1 Å². The maximum Gasteiger partial charge on any atom is 0.315 e. The molecule has 1 atom stereocenters. The second kappa shape index (κ2) is 11.2. The van der Waals surface area contributed by atoms with Crippen LogP contribution in [-0.2, 0) is 11.3 Å². The van der Waals surface area contributed by atoms with Crippen molar-refractivity contribution >= 4 is 17.6 Å². The van der Waals surface area contributed by atoms with Crippen molar-refractivity contribution < 1.29 is 14.3 Å². The molecule has 0 aliphatic heterocycles. The highest BCUT2D eigenvalue weighted by molar-refractivity contribution is 5.92. The van der Waals surface area contributed by atoms with Crippen LogP contribution in [0.5, 0.6) is 5.75 Å². The van der Waals surface area contributed by atoms with Crippen molar-refractivity contribution in [1.29, 1.82) is 0 Å². The first-order chi connectivity index (χ1) is 14.3. The molecular weight excluding hydrogens is 380 g/mol. The zero-order valence-electron chi connectivity index (χ0n) is 18.4. The molecule has 2 aromatic carbocycles.